The number of nitrogens with two attached hydrogens (primary N) is 1. The molecule has 0 aliphatic rings. The molecule has 7 heteroatoms. The van der Waals surface area contributed by atoms with E-state index in [-0.39, 0.29) is 12.0 Å². The summed E-state index contributed by atoms with van der Waals surface area (Å²) in [7, 11) is 0. The molecule has 1 unspecified atom stereocenters. The van der Waals surface area contributed by atoms with Crippen LogP contribution < -0.4 is 11.1 Å². The van der Waals surface area contributed by atoms with E-state index in [9.17, 15) is 0 Å². The monoisotopic (exact) mass is 283 g/mol. The zero-order chi connectivity index (χ0) is 13.0. The van der Waals surface area contributed by atoms with Crippen LogP contribution in [-0.4, -0.2) is 21.0 Å². The maximum Gasteiger partial charge on any atom is 0.227 e. The molecule has 0 bridgehead atoms. The van der Waals surface area contributed by atoms with Gasteiger partial charge in [-0.1, -0.05) is 11.6 Å². The highest BCUT2D eigenvalue weighted by atomic mass is 35.5. The molecule has 0 radical (unpaired) electrons. The molecule has 5 nitrogen and oxygen atoms in total. The van der Waals surface area contributed by atoms with Crippen molar-refractivity contribution < 1.29 is 0 Å². The van der Waals surface area contributed by atoms with Crippen LogP contribution in [0.15, 0.2) is 17.8 Å². The Morgan fingerprint density at radius 1 is 1.50 bits per heavy atom. The molecule has 18 heavy (non-hydrogen) atoms. The third-order valence-corrected chi connectivity index (χ3v) is 3.91. The molecule has 0 amide bonds. The first-order valence-electron chi connectivity index (χ1n) is 5.58. The first-order valence-corrected chi connectivity index (χ1v) is 6.84. The van der Waals surface area contributed by atoms with Gasteiger partial charge >= 0.3 is 0 Å². The summed E-state index contributed by atoms with van der Waals surface area (Å²) in [5.41, 5.74) is 5.49. The normalized spacial score (nSPS) is 12.3. The van der Waals surface area contributed by atoms with Crippen LogP contribution in [0.1, 0.15) is 18.2 Å². The molecule has 0 spiro atoms. The number of hydrogen-bond donors (Lipinski definition) is 2. The van der Waals surface area contributed by atoms with Crippen molar-refractivity contribution in [3.8, 4) is 0 Å². The Kier molecular flexibility index (Phi) is 4.33. The summed E-state index contributed by atoms with van der Waals surface area (Å²) in [6, 6.07) is 2.16. The van der Waals surface area contributed by atoms with Crippen molar-refractivity contribution in [1.29, 1.82) is 0 Å². The van der Waals surface area contributed by atoms with Crippen LogP contribution in [-0.2, 0) is 6.42 Å². The highest BCUT2D eigenvalue weighted by Crippen LogP contribution is 2.23. The Morgan fingerprint density at radius 2 is 2.33 bits per heavy atom. The van der Waals surface area contributed by atoms with E-state index >= 15 is 0 Å². The maximum absolute atomic E-state index is 6.04. The van der Waals surface area contributed by atoms with Gasteiger partial charge in [0.05, 0.1) is 5.02 Å². The van der Waals surface area contributed by atoms with Crippen LogP contribution in [0.25, 0.3) is 0 Å². The minimum absolute atomic E-state index is 0.223. The van der Waals surface area contributed by atoms with Gasteiger partial charge in [0.2, 0.25) is 11.9 Å². The van der Waals surface area contributed by atoms with Gasteiger partial charge in [-0.3, -0.25) is 0 Å². The molecular formula is C11H14ClN5S. The predicted octanol–water partition coefficient (Wildman–Crippen LogP) is 2.60. The average Bonchev–Trinajstić information content (AvgIpc) is 2.72. The van der Waals surface area contributed by atoms with Gasteiger partial charge in [-0.05, 0) is 31.2 Å². The second-order valence-corrected chi connectivity index (χ2v) is 5.35. The number of aromatic nitrogens is 3. The zero-order valence-corrected chi connectivity index (χ0v) is 11.5. The predicted molar refractivity (Wildman–Crippen MR) is 75.0 cm³/mol. The molecule has 1 atom stereocenters. The third-order valence-electron chi connectivity index (χ3n) is 2.46. The van der Waals surface area contributed by atoms with Crippen LogP contribution in [0.3, 0.4) is 0 Å². The van der Waals surface area contributed by atoms with E-state index in [0.717, 1.165) is 17.9 Å². The lowest BCUT2D eigenvalue weighted by Gasteiger charge is -2.13. The number of halogens is 1. The van der Waals surface area contributed by atoms with Gasteiger partial charge in [0.1, 0.15) is 6.33 Å². The van der Waals surface area contributed by atoms with Gasteiger partial charge in [0.25, 0.3) is 0 Å². The summed E-state index contributed by atoms with van der Waals surface area (Å²) < 4.78 is 0. The van der Waals surface area contributed by atoms with Crippen LogP contribution >= 0.6 is 22.9 Å². The molecule has 0 fully saturated rings. The first-order chi connectivity index (χ1) is 8.65. The molecule has 96 valence electrons. The molecule has 3 N–H and O–H groups in total. The number of anilines is 2. The molecule has 2 rings (SSSR count). The summed E-state index contributed by atoms with van der Waals surface area (Å²) in [5, 5.41) is 6.03. The number of aryl methyl sites for hydroxylation is 1. The largest absolute Gasteiger partial charge is 0.368 e. The van der Waals surface area contributed by atoms with Crippen LogP contribution in [0.5, 0.6) is 0 Å². The van der Waals surface area contributed by atoms with E-state index in [1.54, 1.807) is 11.3 Å². The number of nitrogens with zero attached hydrogens (tertiary/aromatic N) is 3. The molecule has 2 aromatic heterocycles. The van der Waals surface area contributed by atoms with Gasteiger partial charge in [-0.15, -0.1) is 11.3 Å². The molecule has 0 saturated carbocycles. The smallest absolute Gasteiger partial charge is 0.227 e. The van der Waals surface area contributed by atoms with Crippen molar-refractivity contribution in [1.82, 2.24) is 15.0 Å². The lowest BCUT2D eigenvalue weighted by atomic mass is 10.1. The van der Waals surface area contributed by atoms with Crippen LogP contribution in [0.4, 0.5) is 11.9 Å². The summed E-state index contributed by atoms with van der Waals surface area (Å²) in [6.45, 7) is 2.07. The fraction of sp³-hybridized carbons (Fsp3) is 0.364. The Hall–Kier alpha value is -1.40. The van der Waals surface area contributed by atoms with E-state index in [0.29, 0.717) is 5.95 Å². The van der Waals surface area contributed by atoms with Crippen LogP contribution in [0, 0.1) is 0 Å². The highest BCUT2D eigenvalue weighted by Gasteiger charge is 2.07. The standard InChI is InChI=1S/C11H14ClN5S/c1-7(2-3-9-8(12)4-5-18-9)16-11-15-6-14-10(13)17-11/h4-7H,2-3H2,1H3,(H3,13,14,15,16,17). The molecule has 0 aliphatic heterocycles. The number of nitrogen functional groups attached to an aromatic ring is 1. The van der Waals surface area contributed by atoms with E-state index in [2.05, 4.69) is 27.2 Å². The summed E-state index contributed by atoms with van der Waals surface area (Å²) >= 11 is 7.72. The average molecular weight is 284 g/mol. The first kappa shape index (κ1) is 13.0. The number of thiophene rings is 1. The van der Waals surface area contributed by atoms with Crippen molar-refractivity contribution in [3.05, 3.63) is 27.7 Å². The van der Waals surface area contributed by atoms with E-state index in [1.807, 2.05) is 11.4 Å². The van der Waals surface area contributed by atoms with Gasteiger partial charge in [-0.25, -0.2) is 9.97 Å². The lowest BCUT2D eigenvalue weighted by molar-refractivity contribution is 0.703. The third kappa shape index (κ3) is 3.54. The molecule has 2 heterocycles. The second kappa shape index (κ2) is 5.97. The molecule has 2 aromatic rings. The van der Waals surface area contributed by atoms with Crippen molar-refractivity contribution in [3.63, 3.8) is 0 Å². The van der Waals surface area contributed by atoms with Crippen molar-refractivity contribution in [2.75, 3.05) is 11.1 Å². The zero-order valence-electron chi connectivity index (χ0n) is 9.93. The summed E-state index contributed by atoms with van der Waals surface area (Å²) in [4.78, 5) is 13.0. The number of nitrogens with one attached hydrogen (secondary N) is 1. The van der Waals surface area contributed by atoms with Crippen LogP contribution in [0.2, 0.25) is 5.02 Å². The minimum Gasteiger partial charge on any atom is -0.368 e. The Morgan fingerprint density at radius 3 is 3.00 bits per heavy atom. The van der Waals surface area contributed by atoms with E-state index in [1.165, 1.54) is 11.2 Å². The second-order valence-electron chi connectivity index (χ2n) is 3.94. The van der Waals surface area contributed by atoms with E-state index < -0.39 is 0 Å². The lowest BCUT2D eigenvalue weighted by Crippen LogP contribution is -2.18. The topological polar surface area (TPSA) is 76.7 Å². The van der Waals surface area contributed by atoms with Gasteiger partial charge < -0.3 is 11.1 Å². The highest BCUT2D eigenvalue weighted by molar-refractivity contribution is 7.10. The molecular weight excluding hydrogens is 270 g/mol. The summed E-state index contributed by atoms with van der Waals surface area (Å²) in [6.07, 6.45) is 3.28. The fourth-order valence-corrected chi connectivity index (χ4v) is 2.67. The molecule has 0 saturated heterocycles. The fourth-order valence-electron chi connectivity index (χ4n) is 1.52. The van der Waals surface area contributed by atoms with Crippen molar-refractivity contribution in [2.24, 2.45) is 0 Å². The van der Waals surface area contributed by atoms with Crippen molar-refractivity contribution >= 4 is 34.8 Å². The molecule has 0 aliphatic carbocycles. The van der Waals surface area contributed by atoms with Crippen molar-refractivity contribution in [2.45, 2.75) is 25.8 Å². The Balaban J connectivity index is 1.86. The summed E-state index contributed by atoms with van der Waals surface area (Å²) in [5.74, 6) is 0.730. The van der Waals surface area contributed by atoms with Gasteiger partial charge in [-0.2, -0.15) is 4.98 Å². The Bertz CT molecular complexity index is 516. The SMILES string of the molecule is CC(CCc1sccc1Cl)Nc1ncnc(N)n1. The van der Waals surface area contributed by atoms with Gasteiger partial charge in [0.15, 0.2) is 0 Å². The number of hydrogen-bond acceptors (Lipinski definition) is 6. The maximum atomic E-state index is 6.04. The quantitative estimate of drug-likeness (QED) is 0.882. The Labute approximate surface area is 114 Å². The van der Waals surface area contributed by atoms with E-state index in [4.69, 9.17) is 17.3 Å². The number of rotatable bonds is 5. The molecule has 0 aromatic carbocycles. The minimum atomic E-state index is 0.223. The van der Waals surface area contributed by atoms with Gasteiger partial charge in [0, 0.05) is 10.9 Å².